The molecule has 1 aromatic rings. The van der Waals surface area contributed by atoms with Gasteiger partial charge in [0.1, 0.15) is 0 Å². The molecule has 23 heavy (non-hydrogen) atoms. The Labute approximate surface area is 139 Å². The zero-order valence-electron chi connectivity index (χ0n) is 13.8. The zero-order valence-corrected chi connectivity index (χ0v) is 13.8. The molecule has 2 aliphatic rings. The summed E-state index contributed by atoms with van der Waals surface area (Å²) >= 11 is 0. The SMILES string of the molecule is N#Cc1ccc(C(O)CN2CCC(CN3CCCCC3)C2)cc1. The first-order valence-electron chi connectivity index (χ1n) is 8.87. The summed E-state index contributed by atoms with van der Waals surface area (Å²) in [6.07, 6.45) is 4.89. The Balaban J connectivity index is 1.46. The first-order valence-corrected chi connectivity index (χ1v) is 8.87. The van der Waals surface area contributed by atoms with Crippen molar-refractivity contribution < 1.29 is 5.11 Å². The van der Waals surface area contributed by atoms with Crippen LogP contribution in [-0.4, -0.2) is 54.2 Å². The van der Waals surface area contributed by atoms with E-state index in [0.29, 0.717) is 12.1 Å². The predicted molar refractivity (Wildman–Crippen MR) is 91.0 cm³/mol. The van der Waals surface area contributed by atoms with Gasteiger partial charge in [-0.2, -0.15) is 5.26 Å². The third kappa shape index (κ3) is 4.54. The lowest BCUT2D eigenvalue weighted by Gasteiger charge is -2.29. The largest absolute Gasteiger partial charge is 0.387 e. The van der Waals surface area contributed by atoms with Crippen LogP contribution in [0.15, 0.2) is 24.3 Å². The van der Waals surface area contributed by atoms with Crippen LogP contribution in [0.1, 0.15) is 42.9 Å². The first-order chi connectivity index (χ1) is 11.2. The van der Waals surface area contributed by atoms with Gasteiger partial charge < -0.3 is 14.9 Å². The van der Waals surface area contributed by atoms with Gasteiger partial charge in [-0.15, -0.1) is 0 Å². The molecule has 2 heterocycles. The van der Waals surface area contributed by atoms with E-state index in [0.717, 1.165) is 24.6 Å². The highest BCUT2D eigenvalue weighted by Crippen LogP contribution is 2.23. The monoisotopic (exact) mass is 313 g/mol. The first kappa shape index (κ1) is 16.4. The molecule has 2 fully saturated rings. The number of rotatable bonds is 5. The number of aliphatic hydroxyl groups is 1. The van der Waals surface area contributed by atoms with Crippen LogP contribution in [0.3, 0.4) is 0 Å². The molecule has 0 radical (unpaired) electrons. The second-order valence-corrected chi connectivity index (χ2v) is 7.03. The Morgan fingerprint density at radius 1 is 1.09 bits per heavy atom. The van der Waals surface area contributed by atoms with E-state index in [9.17, 15) is 5.11 Å². The number of likely N-dealkylation sites (tertiary alicyclic amines) is 2. The quantitative estimate of drug-likeness (QED) is 0.907. The van der Waals surface area contributed by atoms with Crippen molar-refractivity contribution in [3.63, 3.8) is 0 Å². The number of hydrogen-bond acceptors (Lipinski definition) is 4. The molecule has 0 saturated carbocycles. The molecule has 2 aliphatic heterocycles. The highest BCUT2D eigenvalue weighted by Gasteiger charge is 2.26. The van der Waals surface area contributed by atoms with E-state index < -0.39 is 6.10 Å². The molecule has 1 N–H and O–H groups in total. The Morgan fingerprint density at radius 2 is 1.83 bits per heavy atom. The van der Waals surface area contributed by atoms with Crippen molar-refractivity contribution in [3.05, 3.63) is 35.4 Å². The molecule has 2 saturated heterocycles. The molecular weight excluding hydrogens is 286 g/mol. The van der Waals surface area contributed by atoms with Gasteiger partial charge in [0.05, 0.1) is 17.7 Å². The van der Waals surface area contributed by atoms with Crippen LogP contribution in [-0.2, 0) is 0 Å². The van der Waals surface area contributed by atoms with E-state index >= 15 is 0 Å². The number of benzene rings is 1. The van der Waals surface area contributed by atoms with Crippen molar-refractivity contribution in [2.75, 3.05) is 39.3 Å². The summed E-state index contributed by atoms with van der Waals surface area (Å²) in [5.41, 5.74) is 1.55. The maximum absolute atomic E-state index is 10.4. The zero-order chi connectivity index (χ0) is 16.1. The summed E-state index contributed by atoms with van der Waals surface area (Å²) in [6, 6.07) is 9.40. The fourth-order valence-corrected chi connectivity index (χ4v) is 3.86. The summed E-state index contributed by atoms with van der Waals surface area (Å²) in [7, 11) is 0. The van der Waals surface area contributed by atoms with E-state index in [4.69, 9.17) is 5.26 Å². The second-order valence-electron chi connectivity index (χ2n) is 7.03. The lowest BCUT2D eigenvalue weighted by atomic mass is 10.1. The molecule has 0 amide bonds. The van der Waals surface area contributed by atoms with E-state index in [1.165, 1.54) is 45.3 Å². The average Bonchev–Trinajstić information content (AvgIpc) is 3.02. The molecule has 0 aliphatic carbocycles. The molecule has 0 spiro atoms. The van der Waals surface area contributed by atoms with Crippen molar-refractivity contribution in [1.82, 2.24) is 9.80 Å². The van der Waals surface area contributed by atoms with Gasteiger partial charge in [0.15, 0.2) is 0 Å². The minimum atomic E-state index is -0.462. The number of aliphatic hydroxyl groups excluding tert-OH is 1. The molecule has 2 unspecified atom stereocenters. The lowest BCUT2D eigenvalue weighted by molar-refractivity contribution is 0.121. The van der Waals surface area contributed by atoms with Crippen molar-refractivity contribution >= 4 is 0 Å². The summed E-state index contributed by atoms with van der Waals surface area (Å²) in [6.45, 7) is 6.65. The number of β-amino-alcohol motifs (C(OH)–C–C–N with tert-alkyl or cyclic N) is 1. The van der Waals surface area contributed by atoms with Gasteiger partial charge >= 0.3 is 0 Å². The van der Waals surface area contributed by atoms with Gasteiger partial charge in [-0.25, -0.2) is 0 Å². The average molecular weight is 313 g/mol. The highest BCUT2D eigenvalue weighted by atomic mass is 16.3. The Morgan fingerprint density at radius 3 is 2.52 bits per heavy atom. The minimum absolute atomic E-state index is 0.462. The molecule has 1 aromatic carbocycles. The normalized spacial score (nSPS) is 24.4. The molecule has 4 nitrogen and oxygen atoms in total. The minimum Gasteiger partial charge on any atom is -0.387 e. The van der Waals surface area contributed by atoms with Crippen molar-refractivity contribution in [3.8, 4) is 6.07 Å². The second kappa shape index (κ2) is 7.92. The van der Waals surface area contributed by atoms with Crippen molar-refractivity contribution in [2.24, 2.45) is 5.92 Å². The van der Waals surface area contributed by atoms with Gasteiger partial charge in [0, 0.05) is 19.6 Å². The molecule has 2 atom stereocenters. The van der Waals surface area contributed by atoms with E-state index in [-0.39, 0.29) is 0 Å². The van der Waals surface area contributed by atoms with Crippen molar-refractivity contribution in [2.45, 2.75) is 31.8 Å². The molecular formula is C19H27N3O. The van der Waals surface area contributed by atoms with Crippen LogP contribution < -0.4 is 0 Å². The number of piperidine rings is 1. The van der Waals surface area contributed by atoms with E-state index in [1.54, 1.807) is 12.1 Å². The molecule has 124 valence electrons. The van der Waals surface area contributed by atoms with E-state index in [1.807, 2.05) is 12.1 Å². The van der Waals surface area contributed by atoms with Gasteiger partial charge in [0.25, 0.3) is 0 Å². The fourth-order valence-electron chi connectivity index (χ4n) is 3.86. The van der Waals surface area contributed by atoms with Crippen molar-refractivity contribution in [1.29, 1.82) is 5.26 Å². The van der Waals surface area contributed by atoms with Crippen LogP contribution in [0.4, 0.5) is 0 Å². The third-order valence-corrected chi connectivity index (χ3v) is 5.19. The van der Waals surface area contributed by atoms with Gasteiger partial charge in [-0.1, -0.05) is 18.6 Å². The topological polar surface area (TPSA) is 50.5 Å². The Hall–Kier alpha value is -1.41. The van der Waals surface area contributed by atoms with Crippen LogP contribution in [0.5, 0.6) is 0 Å². The highest BCUT2D eigenvalue weighted by molar-refractivity contribution is 5.32. The Bertz CT molecular complexity index is 531. The number of nitriles is 1. The summed E-state index contributed by atoms with van der Waals surface area (Å²) < 4.78 is 0. The molecule has 0 bridgehead atoms. The summed E-state index contributed by atoms with van der Waals surface area (Å²) in [4.78, 5) is 5.01. The van der Waals surface area contributed by atoms with Gasteiger partial charge in [0.2, 0.25) is 0 Å². The predicted octanol–water partition coefficient (Wildman–Crippen LogP) is 2.40. The van der Waals surface area contributed by atoms with Gasteiger partial charge in [-0.3, -0.25) is 0 Å². The fraction of sp³-hybridized carbons (Fsp3) is 0.632. The maximum Gasteiger partial charge on any atom is 0.0991 e. The van der Waals surface area contributed by atoms with Crippen LogP contribution in [0, 0.1) is 17.2 Å². The van der Waals surface area contributed by atoms with Crippen LogP contribution >= 0.6 is 0 Å². The smallest absolute Gasteiger partial charge is 0.0991 e. The lowest BCUT2D eigenvalue weighted by Crippen LogP contribution is -2.35. The van der Waals surface area contributed by atoms with Crippen LogP contribution in [0.2, 0.25) is 0 Å². The van der Waals surface area contributed by atoms with Crippen LogP contribution in [0.25, 0.3) is 0 Å². The summed E-state index contributed by atoms with van der Waals surface area (Å²) in [5.74, 6) is 0.751. The number of hydrogen-bond donors (Lipinski definition) is 1. The summed E-state index contributed by atoms with van der Waals surface area (Å²) in [5, 5.41) is 19.3. The third-order valence-electron chi connectivity index (χ3n) is 5.19. The van der Waals surface area contributed by atoms with Gasteiger partial charge in [-0.05, 0) is 62.5 Å². The number of nitrogens with zero attached hydrogens (tertiary/aromatic N) is 3. The van der Waals surface area contributed by atoms with E-state index in [2.05, 4.69) is 15.9 Å². The maximum atomic E-state index is 10.4. The molecule has 4 heteroatoms. The molecule has 3 rings (SSSR count). The Kier molecular flexibility index (Phi) is 5.66. The molecule has 0 aromatic heterocycles. The standard InChI is InChI=1S/C19H27N3O/c20-12-16-4-6-18(7-5-16)19(23)15-22-11-8-17(14-22)13-21-9-2-1-3-10-21/h4-7,17,19,23H,1-3,8-11,13-15H2.